The first-order valence-corrected chi connectivity index (χ1v) is 16.0. The Balaban J connectivity index is 1.01. The van der Waals surface area contributed by atoms with Gasteiger partial charge in [0.25, 0.3) is 0 Å². The summed E-state index contributed by atoms with van der Waals surface area (Å²) in [5, 5.41) is 15.9. The highest BCUT2D eigenvalue weighted by atomic mass is 32.1. The normalized spacial score (nSPS) is 37.4. The van der Waals surface area contributed by atoms with Crippen LogP contribution in [0, 0.1) is 5.92 Å². The molecule has 0 radical (unpaired) electrons. The van der Waals surface area contributed by atoms with E-state index in [1.54, 1.807) is 11.9 Å². The number of nitrogens with zero attached hydrogens (tertiary/aromatic N) is 4. The number of hydrogen-bond donors (Lipinski definition) is 3. The first kappa shape index (κ1) is 30.4. The van der Waals surface area contributed by atoms with Crippen LogP contribution < -0.4 is 10.6 Å². The summed E-state index contributed by atoms with van der Waals surface area (Å²) in [5.41, 5.74) is -0.226. The molecule has 14 heteroatoms. The zero-order valence-electron chi connectivity index (χ0n) is 24.5. The fraction of sp³-hybridized carbons (Fsp3) is 0.793. The van der Waals surface area contributed by atoms with Crippen molar-refractivity contribution in [1.82, 2.24) is 30.2 Å². The highest BCUT2D eigenvalue weighted by Gasteiger charge is 2.51. The first-order valence-electron chi connectivity index (χ1n) is 15.6. The van der Waals surface area contributed by atoms with E-state index in [1.165, 1.54) is 6.20 Å². The van der Waals surface area contributed by atoms with Gasteiger partial charge < -0.3 is 30.3 Å². The molecule has 3 N–H and O–H groups in total. The maximum Gasteiger partial charge on any atom is 0.410 e. The lowest BCUT2D eigenvalue weighted by Gasteiger charge is -2.51. The van der Waals surface area contributed by atoms with E-state index in [2.05, 4.69) is 20.4 Å². The minimum absolute atomic E-state index is 0.0385. The van der Waals surface area contributed by atoms with Crippen LogP contribution in [-0.2, 0) is 14.3 Å². The number of carboxylic acids is 1. The standard InChI is InChI=1S/C29H42F2N6O5S/c1-32-28(43)33-13-18-14-37(29(41)42-18)17-4-5-23(21(30)10-17)34-6-8-35(9-7-34)25-12-24-19(11-22(25)31)26(38)20(27(39)40)15-36(24)16-2-3-16/h15-19,21-25H,2-14H2,1H3,(H,39,40)(H2,32,33,43)/t17?,18-,19?,21?,22?,23?,24?,25?/m0/s1. The van der Waals surface area contributed by atoms with Crippen molar-refractivity contribution in [1.29, 1.82) is 0 Å². The maximum atomic E-state index is 15.6. The topological polar surface area (TPSA) is 118 Å². The monoisotopic (exact) mass is 624 g/mol. The van der Waals surface area contributed by atoms with Crippen LogP contribution in [-0.4, -0.2) is 143 Å². The predicted molar refractivity (Wildman–Crippen MR) is 157 cm³/mol. The molecule has 8 atom stereocenters. The smallest absolute Gasteiger partial charge is 0.410 e. The number of carbonyl (C=O) groups is 3. The van der Waals surface area contributed by atoms with E-state index in [-0.39, 0.29) is 54.7 Å². The molecule has 0 spiro atoms. The van der Waals surface area contributed by atoms with Gasteiger partial charge in [-0.05, 0) is 50.7 Å². The van der Waals surface area contributed by atoms with E-state index in [9.17, 15) is 19.5 Å². The molecular weight excluding hydrogens is 582 g/mol. The maximum absolute atomic E-state index is 15.6. The predicted octanol–water partition coefficient (Wildman–Crippen LogP) is 1.28. The molecule has 3 aliphatic heterocycles. The van der Waals surface area contributed by atoms with Gasteiger partial charge >= 0.3 is 12.1 Å². The van der Waals surface area contributed by atoms with E-state index in [1.807, 2.05) is 4.90 Å². The molecule has 7 unspecified atom stereocenters. The summed E-state index contributed by atoms with van der Waals surface area (Å²) in [6, 6.07) is -0.745. The molecule has 43 heavy (non-hydrogen) atoms. The quantitative estimate of drug-likeness (QED) is 0.281. The van der Waals surface area contributed by atoms with Gasteiger partial charge in [-0.15, -0.1) is 0 Å². The molecule has 238 valence electrons. The number of amides is 1. The van der Waals surface area contributed by atoms with Crippen LogP contribution in [0.5, 0.6) is 0 Å². The summed E-state index contributed by atoms with van der Waals surface area (Å²) < 4.78 is 36.7. The number of halogens is 2. The van der Waals surface area contributed by atoms with Gasteiger partial charge in [-0.1, -0.05) is 0 Å². The molecule has 6 aliphatic rings. The highest BCUT2D eigenvalue weighted by Crippen LogP contribution is 2.43. The molecule has 11 nitrogen and oxygen atoms in total. The number of piperazine rings is 1. The molecule has 6 rings (SSSR count). The minimum Gasteiger partial charge on any atom is -0.478 e. The Morgan fingerprint density at radius 1 is 0.977 bits per heavy atom. The molecule has 0 aromatic rings. The molecule has 3 heterocycles. The van der Waals surface area contributed by atoms with Crippen molar-refractivity contribution in [2.45, 2.75) is 93.6 Å². The van der Waals surface area contributed by atoms with Crippen molar-refractivity contribution in [3.8, 4) is 0 Å². The Morgan fingerprint density at radius 3 is 2.26 bits per heavy atom. The van der Waals surface area contributed by atoms with Crippen LogP contribution in [0.25, 0.3) is 0 Å². The van der Waals surface area contributed by atoms with Gasteiger partial charge in [0.05, 0.1) is 13.1 Å². The van der Waals surface area contributed by atoms with E-state index < -0.39 is 36.1 Å². The lowest BCUT2D eigenvalue weighted by Crippen LogP contribution is -2.62. The Kier molecular flexibility index (Phi) is 8.80. The zero-order chi connectivity index (χ0) is 30.4. The fourth-order valence-corrected chi connectivity index (χ4v) is 8.02. The van der Waals surface area contributed by atoms with Crippen molar-refractivity contribution in [2.24, 2.45) is 5.92 Å². The number of carbonyl (C=O) groups excluding carboxylic acids is 2. The minimum atomic E-state index is -1.24. The van der Waals surface area contributed by atoms with Crippen LogP contribution in [0.4, 0.5) is 13.6 Å². The number of nitrogens with one attached hydrogen (secondary N) is 2. The molecule has 0 aromatic carbocycles. The number of thiocarbonyl (C=S) groups is 1. The lowest BCUT2D eigenvalue weighted by molar-refractivity contribution is -0.138. The second-order valence-corrected chi connectivity index (χ2v) is 13.3. The molecule has 0 bridgehead atoms. The first-order chi connectivity index (χ1) is 20.6. The summed E-state index contributed by atoms with van der Waals surface area (Å²) in [4.78, 5) is 45.2. The fourth-order valence-electron chi connectivity index (χ4n) is 7.94. The number of Topliss-reactive ketones (excluding diaryl/α,β-unsaturated/α-hetero) is 1. The SMILES string of the molecule is CNC(=S)NC[C@H]1CN(C2CCC(N3CCN(C4CC5C(CC4F)C(=O)C(C(=O)O)=CN5C4CC4)CC3)C(F)C2)C(=O)O1. The molecular formula is C29H42F2N6O5S. The Bertz CT molecular complexity index is 1150. The summed E-state index contributed by atoms with van der Waals surface area (Å²) in [6.07, 6.45) is 2.51. The van der Waals surface area contributed by atoms with Gasteiger partial charge in [0.2, 0.25) is 0 Å². The van der Waals surface area contributed by atoms with E-state index >= 15 is 8.78 Å². The summed E-state index contributed by atoms with van der Waals surface area (Å²) >= 11 is 5.08. The Hall–Kier alpha value is -2.58. The number of rotatable bonds is 7. The Labute approximate surface area is 255 Å². The summed E-state index contributed by atoms with van der Waals surface area (Å²) in [6.45, 7) is 3.30. The van der Waals surface area contributed by atoms with E-state index in [4.69, 9.17) is 17.0 Å². The van der Waals surface area contributed by atoms with Crippen LogP contribution in [0.1, 0.15) is 44.9 Å². The third-order valence-corrected chi connectivity index (χ3v) is 10.7. The summed E-state index contributed by atoms with van der Waals surface area (Å²) in [5.74, 6) is -2.32. The number of cyclic esters (lactones) is 1. The summed E-state index contributed by atoms with van der Waals surface area (Å²) in [7, 11) is 1.71. The van der Waals surface area contributed by atoms with Gasteiger partial charge in [-0.3, -0.25) is 14.6 Å². The van der Waals surface area contributed by atoms with Gasteiger partial charge in [-0.25, -0.2) is 18.4 Å². The third kappa shape index (κ3) is 6.19. The molecule has 1 amide bonds. The largest absolute Gasteiger partial charge is 0.478 e. The van der Waals surface area contributed by atoms with Crippen LogP contribution >= 0.6 is 12.2 Å². The van der Waals surface area contributed by atoms with Crippen molar-refractivity contribution in [3.63, 3.8) is 0 Å². The molecule has 5 fully saturated rings. The van der Waals surface area contributed by atoms with Gasteiger partial charge in [-0.2, -0.15) is 0 Å². The number of carboxylic acid groups (broad SMARTS) is 1. The third-order valence-electron chi connectivity index (χ3n) is 10.4. The van der Waals surface area contributed by atoms with E-state index in [0.29, 0.717) is 63.6 Å². The second kappa shape index (κ2) is 12.4. The molecule has 3 saturated carbocycles. The lowest BCUT2D eigenvalue weighted by atomic mass is 9.73. The van der Waals surface area contributed by atoms with Crippen molar-refractivity contribution < 1.29 is 33.0 Å². The van der Waals surface area contributed by atoms with Crippen LogP contribution in [0.15, 0.2) is 11.8 Å². The number of hydrogen-bond acceptors (Lipinski definition) is 8. The van der Waals surface area contributed by atoms with E-state index in [0.717, 1.165) is 12.8 Å². The molecule has 0 aromatic heterocycles. The van der Waals surface area contributed by atoms with Gasteiger partial charge in [0, 0.05) is 82.0 Å². The molecule has 2 saturated heterocycles. The molecule has 3 aliphatic carbocycles. The number of alkyl halides is 2. The van der Waals surface area contributed by atoms with Crippen molar-refractivity contribution in [3.05, 3.63) is 11.8 Å². The van der Waals surface area contributed by atoms with Crippen LogP contribution in [0.2, 0.25) is 0 Å². The Morgan fingerprint density at radius 2 is 1.63 bits per heavy atom. The van der Waals surface area contributed by atoms with Gasteiger partial charge in [0.1, 0.15) is 24.0 Å². The second-order valence-electron chi connectivity index (χ2n) is 12.9. The van der Waals surface area contributed by atoms with Crippen molar-refractivity contribution in [2.75, 3.05) is 46.3 Å². The average molecular weight is 625 g/mol. The van der Waals surface area contributed by atoms with Crippen LogP contribution in [0.3, 0.4) is 0 Å². The number of fused-ring (bicyclic) bond motifs is 1. The zero-order valence-corrected chi connectivity index (χ0v) is 25.3. The number of aliphatic carboxylic acids is 1. The number of ketones is 1. The number of ether oxygens (including phenoxy) is 1. The van der Waals surface area contributed by atoms with Gasteiger partial charge in [0.15, 0.2) is 10.9 Å². The average Bonchev–Trinajstić information content (AvgIpc) is 3.77. The van der Waals surface area contributed by atoms with Crippen molar-refractivity contribution >= 4 is 35.2 Å². The highest BCUT2D eigenvalue weighted by molar-refractivity contribution is 7.80.